The summed E-state index contributed by atoms with van der Waals surface area (Å²) in [6.45, 7) is 1.85. The molecule has 0 saturated heterocycles. The van der Waals surface area contributed by atoms with Gasteiger partial charge in [-0.05, 0) is 55.5 Å². The minimum absolute atomic E-state index is 0.0353. The van der Waals surface area contributed by atoms with Gasteiger partial charge >= 0.3 is 0 Å². The van der Waals surface area contributed by atoms with E-state index in [9.17, 15) is 18.0 Å². The van der Waals surface area contributed by atoms with Crippen LogP contribution in [0.1, 0.15) is 15.9 Å². The van der Waals surface area contributed by atoms with E-state index in [0.29, 0.717) is 22.8 Å². The van der Waals surface area contributed by atoms with Gasteiger partial charge in [-0.1, -0.05) is 23.8 Å². The summed E-state index contributed by atoms with van der Waals surface area (Å²) in [7, 11) is -3.87. The van der Waals surface area contributed by atoms with Crippen molar-refractivity contribution in [2.75, 3.05) is 22.0 Å². The molecule has 2 amide bonds. The molecule has 9 heteroatoms. The van der Waals surface area contributed by atoms with Gasteiger partial charge in [-0.3, -0.25) is 14.3 Å². The minimum Gasteiger partial charge on any atom is -0.482 e. The topological polar surface area (TPSA) is 114 Å². The summed E-state index contributed by atoms with van der Waals surface area (Å²) in [5.74, 6) is -0.266. The largest absolute Gasteiger partial charge is 0.482 e. The van der Waals surface area contributed by atoms with Gasteiger partial charge in [0.05, 0.1) is 10.6 Å². The van der Waals surface area contributed by atoms with Crippen molar-refractivity contribution in [3.05, 3.63) is 77.9 Å². The van der Waals surface area contributed by atoms with E-state index in [4.69, 9.17) is 4.74 Å². The first-order valence-electron chi connectivity index (χ1n) is 9.38. The molecule has 4 rings (SSSR count). The number of carbonyl (C=O) groups excluding carboxylic acids is 2. The van der Waals surface area contributed by atoms with Crippen LogP contribution in [0.15, 0.2) is 71.6 Å². The predicted molar refractivity (Wildman–Crippen MR) is 117 cm³/mol. The first-order chi connectivity index (χ1) is 14.8. The molecule has 1 aliphatic rings. The van der Waals surface area contributed by atoms with Crippen molar-refractivity contribution >= 4 is 38.9 Å². The van der Waals surface area contributed by atoms with Crippen LogP contribution in [0.25, 0.3) is 0 Å². The number of ether oxygens (including phenoxy) is 1. The first-order valence-corrected chi connectivity index (χ1v) is 10.9. The van der Waals surface area contributed by atoms with Gasteiger partial charge in [-0.2, -0.15) is 0 Å². The molecule has 0 saturated carbocycles. The molecule has 1 aliphatic heterocycles. The van der Waals surface area contributed by atoms with Crippen LogP contribution in [0.4, 0.5) is 17.1 Å². The molecular weight excluding hydrogens is 418 g/mol. The standard InChI is InChI=1S/C22H19N3O5S/c1-14-5-7-16(8-6-14)25-31(28,29)18-4-2-3-15(11-18)22(27)23-17-9-10-20-19(12-17)24-21(26)13-30-20/h2-12,25H,13H2,1H3,(H,23,27)(H,24,26). The van der Waals surface area contributed by atoms with Crippen LogP contribution in [-0.4, -0.2) is 26.8 Å². The van der Waals surface area contributed by atoms with Crippen molar-refractivity contribution in [2.45, 2.75) is 11.8 Å². The number of hydrogen-bond donors (Lipinski definition) is 3. The Kier molecular flexibility index (Phi) is 5.35. The Balaban J connectivity index is 1.52. The van der Waals surface area contributed by atoms with Gasteiger partial charge in [0.2, 0.25) is 0 Å². The molecule has 0 aromatic heterocycles. The molecule has 0 bridgehead atoms. The molecule has 0 radical (unpaired) electrons. The van der Waals surface area contributed by atoms with Gasteiger partial charge in [-0.15, -0.1) is 0 Å². The number of amides is 2. The Morgan fingerprint density at radius 3 is 2.52 bits per heavy atom. The highest BCUT2D eigenvalue weighted by molar-refractivity contribution is 7.92. The third-order valence-corrected chi connectivity index (χ3v) is 5.96. The Morgan fingerprint density at radius 2 is 1.74 bits per heavy atom. The Bertz CT molecular complexity index is 1270. The monoisotopic (exact) mass is 437 g/mol. The quantitative estimate of drug-likeness (QED) is 0.566. The summed E-state index contributed by atoms with van der Waals surface area (Å²) in [6.07, 6.45) is 0. The maximum Gasteiger partial charge on any atom is 0.262 e. The number of aryl methyl sites for hydroxylation is 1. The average molecular weight is 437 g/mol. The second-order valence-electron chi connectivity index (χ2n) is 7.00. The third-order valence-electron chi connectivity index (χ3n) is 4.58. The molecule has 158 valence electrons. The van der Waals surface area contributed by atoms with E-state index in [2.05, 4.69) is 15.4 Å². The van der Waals surface area contributed by atoms with Gasteiger partial charge in [0.25, 0.3) is 21.8 Å². The SMILES string of the molecule is Cc1ccc(NS(=O)(=O)c2cccc(C(=O)Nc3ccc4c(c3)NC(=O)CO4)c2)cc1. The number of sulfonamides is 1. The normalized spacial score (nSPS) is 12.9. The molecule has 0 spiro atoms. The van der Waals surface area contributed by atoms with E-state index in [-0.39, 0.29) is 23.0 Å². The summed E-state index contributed by atoms with van der Waals surface area (Å²) in [6, 6.07) is 17.5. The van der Waals surface area contributed by atoms with E-state index in [0.717, 1.165) is 5.56 Å². The zero-order valence-electron chi connectivity index (χ0n) is 16.5. The third kappa shape index (κ3) is 4.67. The Hall–Kier alpha value is -3.85. The molecule has 0 atom stereocenters. The number of benzene rings is 3. The van der Waals surface area contributed by atoms with Gasteiger partial charge < -0.3 is 15.4 Å². The van der Waals surface area contributed by atoms with Gasteiger partial charge in [0.15, 0.2) is 6.61 Å². The van der Waals surface area contributed by atoms with E-state index >= 15 is 0 Å². The Morgan fingerprint density at radius 1 is 1.00 bits per heavy atom. The number of rotatable bonds is 5. The number of hydrogen-bond acceptors (Lipinski definition) is 5. The van der Waals surface area contributed by atoms with Crippen molar-refractivity contribution in [3.8, 4) is 5.75 Å². The van der Waals surface area contributed by atoms with Crippen LogP contribution in [0.3, 0.4) is 0 Å². The summed E-state index contributed by atoms with van der Waals surface area (Å²) in [4.78, 5) is 24.1. The van der Waals surface area contributed by atoms with E-state index in [1.165, 1.54) is 24.3 Å². The number of carbonyl (C=O) groups is 2. The summed E-state index contributed by atoms with van der Waals surface area (Å²) in [5.41, 5.74) is 2.49. The average Bonchev–Trinajstić information content (AvgIpc) is 2.75. The zero-order valence-corrected chi connectivity index (χ0v) is 17.3. The maximum atomic E-state index is 12.7. The second-order valence-corrected chi connectivity index (χ2v) is 8.68. The molecular formula is C22H19N3O5S. The molecule has 1 heterocycles. The molecule has 0 unspecified atom stereocenters. The maximum absolute atomic E-state index is 12.7. The van der Waals surface area contributed by atoms with E-state index in [1.807, 2.05) is 6.92 Å². The van der Waals surface area contributed by atoms with Gasteiger partial charge in [0.1, 0.15) is 5.75 Å². The second kappa shape index (κ2) is 8.11. The van der Waals surface area contributed by atoms with Crippen molar-refractivity contribution in [1.82, 2.24) is 0 Å². The highest BCUT2D eigenvalue weighted by Gasteiger charge is 2.19. The fraction of sp³-hybridized carbons (Fsp3) is 0.0909. The fourth-order valence-corrected chi connectivity index (χ4v) is 4.11. The number of anilines is 3. The Labute approximate surface area is 179 Å². The van der Waals surface area contributed by atoms with Crippen LogP contribution >= 0.6 is 0 Å². The summed E-state index contributed by atoms with van der Waals surface area (Å²) in [5, 5.41) is 5.36. The molecule has 0 fully saturated rings. The van der Waals surface area contributed by atoms with Gasteiger partial charge in [-0.25, -0.2) is 8.42 Å². The van der Waals surface area contributed by atoms with Crippen LogP contribution in [0, 0.1) is 6.92 Å². The summed E-state index contributed by atoms with van der Waals surface area (Å²) >= 11 is 0. The van der Waals surface area contributed by atoms with E-state index in [1.54, 1.807) is 42.5 Å². The van der Waals surface area contributed by atoms with Crippen molar-refractivity contribution < 1.29 is 22.7 Å². The molecule has 3 aromatic carbocycles. The molecule has 31 heavy (non-hydrogen) atoms. The first kappa shape index (κ1) is 20.4. The van der Waals surface area contributed by atoms with Crippen LogP contribution in [-0.2, 0) is 14.8 Å². The smallest absolute Gasteiger partial charge is 0.262 e. The van der Waals surface area contributed by atoms with Crippen molar-refractivity contribution in [2.24, 2.45) is 0 Å². The molecule has 0 aliphatic carbocycles. The van der Waals surface area contributed by atoms with Crippen LogP contribution in [0.5, 0.6) is 5.75 Å². The van der Waals surface area contributed by atoms with E-state index < -0.39 is 15.9 Å². The highest BCUT2D eigenvalue weighted by Crippen LogP contribution is 2.30. The van der Waals surface area contributed by atoms with Gasteiger partial charge in [0, 0.05) is 16.9 Å². The van der Waals surface area contributed by atoms with Crippen LogP contribution < -0.4 is 20.1 Å². The molecule has 3 aromatic rings. The number of nitrogens with one attached hydrogen (secondary N) is 3. The van der Waals surface area contributed by atoms with Crippen LogP contribution in [0.2, 0.25) is 0 Å². The zero-order chi connectivity index (χ0) is 22.0. The number of fused-ring (bicyclic) bond motifs is 1. The summed E-state index contributed by atoms with van der Waals surface area (Å²) < 4.78 is 33.2. The minimum atomic E-state index is -3.87. The lowest BCUT2D eigenvalue weighted by atomic mass is 10.2. The lowest BCUT2D eigenvalue weighted by molar-refractivity contribution is -0.118. The van der Waals surface area contributed by atoms with Crippen molar-refractivity contribution in [1.29, 1.82) is 0 Å². The fourth-order valence-electron chi connectivity index (χ4n) is 3.00. The molecule has 8 nitrogen and oxygen atoms in total. The highest BCUT2D eigenvalue weighted by atomic mass is 32.2. The molecule has 3 N–H and O–H groups in total. The predicted octanol–water partition coefficient (Wildman–Crippen LogP) is 3.38. The lowest BCUT2D eigenvalue weighted by Gasteiger charge is -2.18. The van der Waals surface area contributed by atoms with Crippen molar-refractivity contribution in [3.63, 3.8) is 0 Å². The lowest BCUT2D eigenvalue weighted by Crippen LogP contribution is -2.25.